The summed E-state index contributed by atoms with van der Waals surface area (Å²) in [6, 6.07) is 80.3. The third kappa shape index (κ3) is 16.6. The van der Waals surface area contributed by atoms with Gasteiger partial charge in [-0.15, -0.1) is 0 Å². The Bertz CT molecular complexity index is 7780. The molecular formula is C108H86Br4N12O13S4. The standard InChI is InChI=1S/C28H22BrN3O4S.C28H24BrN3O2S.C27H20BrN3O4S.C25H20BrN3O3S/c1-15(33)36-20-5-3-4-18(13-20)31-27(34)24-14-22-21-12-17(29)8-11-23(21)30-25(22)26(32(24)28(31)37)16-6-9-19(35-2)10-7-16;1-34-20-10-7-18(8-11-20)26-25-22(21-15-19(29)9-12-23(21)30-25)16-24-27(33)31(28(35)32(24)26)14-13-17-5-3-2-4-6-17;1-33-17-6-2-14(3-7-17)25-24-19(18-10-15(28)4-8-20(18)29-24)12-21-26(32)30(27(36)31(21)25)16-5-9-22-23(11-16)35-13-34-22;1-31-16-7-4-14(5-8-16)23-22-19(18-11-15(26)6-9-20(18)27-22)12-21-24(30)28(25(33)29(21)23)13-17-3-2-10-32-17/h3-13,24,26,30H,14H2,1-2H3;2-12,15,24,26,30H,13-14,16H2,1H3;2-11,21,25,29H,12-13H2,1H3;2-11,21,23,27H,12-13H2,1H3. The van der Waals surface area contributed by atoms with Crippen LogP contribution in [0.5, 0.6) is 40.2 Å². The van der Waals surface area contributed by atoms with E-state index in [0.717, 1.165) is 153 Å². The number of carbonyl (C=O) groups excluding carboxylic acids is 5. The van der Waals surface area contributed by atoms with Gasteiger partial charge in [-0.25, -0.2) is 0 Å². The van der Waals surface area contributed by atoms with Crippen LogP contribution in [0.25, 0.3) is 43.6 Å². The number of nitrogens with one attached hydrogen (secondary N) is 4. The molecule has 0 radical (unpaired) electrons. The van der Waals surface area contributed by atoms with Crippen LogP contribution >= 0.6 is 113 Å². The average molecular weight is 2210 g/mol. The fourth-order valence-corrected chi connectivity index (χ4v) is 24.3. The number of furan rings is 1. The molecule has 14 heterocycles. The Balaban J connectivity index is 0.000000108. The number of H-pyrrole nitrogens is 4. The zero-order valence-corrected chi connectivity index (χ0v) is 85.7. The Morgan fingerprint density at radius 1 is 0.376 bits per heavy atom. The van der Waals surface area contributed by atoms with Gasteiger partial charge in [-0.2, -0.15) is 0 Å². The highest BCUT2D eigenvalue weighted by atomic mass is 79.9. The summed E-state index contributed by atoms with van der Waals surface area (Å²) in [4.78, 5) is 96.2. The van der Waals surface area contributed by atoms with Gasteiger partial charge in [0.1, 0.15) is 58.7 Å². The molecule has 8 unspecified atom stereocenters. The summed E-state index contributed by atoms with van der Waals surface area (Å²) in [7, 11) is 6.60. The number of anilines is 2. The number of benzene rings is 11. The normalized spacial score (nSPS) is 19.5. The fraction of sp³-hybridized carbons (Fsp3) is 0.194. The Labute approximate surface area is 864 Å². The van der Waals surface area contributed by atoms with E-state index in [0.29, 0.717) is 93.6 Å². The molecule has 4 amide bonds. The smallest absolute Gasteiger partial charge is 0.308 e. The SMILES string of the molecule is COc1ccc(C2c3[nH]c4ccc(Br)cc4c3CC3C(=O)N(CCc4ccccc4)C(=S)N32)cc1.COc1ccc(C2c3[nH]c4ccc(Br)cc4c3CC3C(=O)N(Cc4ccco4)C(=S)N32)cc1.COc1ccc(C2c3[nH]c4ccc(Br)cc4c3CC3C(=O)N(c4ccc5c(c4)OCO5)C(=S)N32)cc1.COc1ccc(C2c3[nH]c4ccc(Br)cc4c3CC3C(=O)N(c4cccc(OC(C)=O)c4)C(=S)N32)cc1. The quantitative estimate of drug-likeness (QED) is 0.0398. The molecule has 25 nitrogen and oxygen atoms in total. The highest BCUT2D eigenvalue weighted by Gasteiger charge is 2.56. The fourth-order valence-electron chi connectivity index (χ4n) is 21.2. The molecule has 0 saturated carbocycles. The molecule has 0 bridgehead atoms. The predicted molar refractivity (Wildman–Crippen MR) is 567 cm³/mol. The molecule has 25 rings (SSSR count). The molecule has 9 aliphatic rings. The molecule has 4 N–H and O–H groups in total. The number of esters is 1. The van der Waals surface area contributed by atoms with Crippen LogP contribution in [0.4, 0.5) is 11.4 Å². The van der Waals surface area contributed by atoms with Crippen LogP contribution in [0.3, 0.4) is 0 Å². The van der Waals surface area contributed by atoms with Gasteiger partial charge < -0.3 is 77.1 Å². The molecule has 8 atom stereocenters. The number of hydrogen-bond acceptors (Lipinski definition) is 17. The lowest BCUT2D eigenvalue weighted by Gasteiger charge is -2.37. The molecule has 0 aliphatic carbocycles. The van der Waals surface area contributed by atoms with Gasteiger partial charge in [0.25, 0.3) is 23.6 Å². The number of rotatable bonds is 16. The van der Waals surface area contributed by atoms with Crippen LogP contribution in [0.2, 0.25) is 0 Å². The van der Waals surface area contributed by atoms with E-state index in [4.69, 9.17) is 86.4 Å². The molecule has 9 aliphatic heterocycles. The number of nitrogens with zero attached hydrogens (tertiary/aromatic N) is 8. The van der Waals surface area contributed by atoms with Crippen molar-refractivity contribution in [2.45, 2.75) is 93.9 Å². The maximum atomic E-state index is 13.9. The van der Waals surface area contributed by atoms with Crippen molar-refractivity contribution < 1.29 is 61.5 Å². The zero-order chi connectivity index (χ0) is 97.2. The number of methoxy groups -OCH3 is 4. The van der Waals surface area contributed by atoms with Crippen molar-refractivity contribution in [2.75, 3.05) is 51.6 Å². The second-order valence-corrected chi connectivity index (χ2v) is 40.5. The van der Waals surface area contributed by atoms with E-state index in [1.807, 2.05) is 169 Å². The zero-order valence-electron chi connectivity index (χ0n) is 76.1. The number of aromatic amines is 4. The molecule has 141 heavy (non-hydrogen) atoms. The van der Waals surface area contributed by atoms with Gasteiger partial charge in [-0.05, 0) is 263 Å². The first-order valence-corrected chi connectivity index (χ1v) is 50.4. The molecule has 11 aromatic carbocycles. The third-order valence-electron chi connectivity index (χ3n) is 27.6. The summed E-state index contributed by atoms with van der Waals surface area (Å²) in [5.74, 6) is 4.94. The highest BCUT2D eigenvalue weighted by Crippen LogP contribution is 2.53. The summed E-state index contributed by atoms with van der Waals surface area (Å²) in [6.07, 6.45) is 4.66. The number of thiocarbonyl (C=S) groups is 4. The van der Waals surface area contributed by atoms with Gasteiger partial charge in [0, 0.05) is 136 Å². The summed E-state index contributed by atoms with van der Waals surface area (Å²) in [5, 5.41) is 6.45. The minimum absolute atomic E-state index is 0.00454. The average Bonchev–Trinajstić information content (AvgIpc) is 1.57. The Hall–Kier alpha value is -13.5. The maximum absolute atomic E-state index is 13.9. The van der Waals surface area contributed by atoms with E-state index in [9.17, 15) is 24.0 Å². The van der Waals surface area contributed by atoms with Crippen LogP contribution in [0.1, 0.15) is 110 Å². The van der Waals surface area contributed by atoms with Crippen LogP contribution in [0, 0.1) is 0 Å². The van der Waals surface area contributed by atoms with E-state index in [1.54, 1.807) is 78.6 Å². The van der Waals surface area contributed by atoms with Gasteiger partial charge in [-0.1, -0.05) is 149 Å². The maximum Gasteiger partial charge on any atom is 0.308 e. The van der Waals surface area contributed by atoms with Crippen molar-refractivity contribution in [1.29, 1.82) is 0 Å². The Kier molecular flexibility index (Phi) is 24.8. The van der Waals surface area contributed by atoms with Crippen LogP contribution in [-0.4, -0.2) is 165 Å². The van der Waals surface area contributed by atoms with Crippen molar-refractivity contribution in [3.05, 3.63) is 358 Å². The van der Waals surface area contributed by atoms with Crippen molar-refractivity contribution in [3.8, 4) is 40.2 Å². The second kappa shape index (κ2) is 37.8. The van der Waals surface area contributed by atoms with Crippen molar-refractivity contribution in [1.82, 2.24) is 49.3 Å². The molecule has 4 fully saturated rings. The van der Waals surface area contributed by atoms with E-state index >= 15 is 0 Å². The molecule has 708 valence electrons. The number of fused-ring (bicyclic) bond motifs is 17. The lowest BCUT2D eigenvalue weighted by molar-refractivity contribution is -0.132. The molecular weight excluding hydrogens is 2120 g/mol. The van der Waals surface area contributed by atoms with Gasteiger partial charge in [0.05, 0.1) is 76.8 Å². The topological polar surface area (TPSA) is 252 Å². The van der Waals surface area contributed by atoms with Crippen LogP contribution < -0.4 is 43.0 Å². The van der Waals surface area contributed by atoms with E-state index in [2.05, 4.69) is 165 Å². The van der Waals surface area contributed by atoms with Gasteiger partial charge in [0.15, 0.2) is 31.9 Å². The lowest BCUT2D eigenvalue weighted by atomic mass is 9.89. The Morgan fingerprint density at radius 3 is 1.13 bits per heavy atom. The van der Waals surface area contributed by atoms with Crippen molar-refractivity contribution >= 4 is 218 Å². The van der Waals surface area contributed by atoms with E-state index in [-0.39, 0.29) is 66.7 Å². The minimum atomic E-state index is -0.484. The molecule has 16 aromatic rings. The van der Waals surface area contributed by atoms with Gasteiger partial charge >= 0.3 is 5.97 Å². The van der Waals surface area contributed by atoms with Crippen molar-refractivity contribution in [3.63, 3.8) is 0 Å². The monoisotopic (exact) mass is 2200 g/mol. The number of ether oxygens (including phenoxy) is 7. The van der Waals surface area contributed by atoms with Gasteiger partial charge in [0.2, 0.25) is 6.79 Å². The molecule has 0 spiro atoms. The molecule has 33 heteroatoms. The lowest BCUT2D eigenvalue weighted by Crippen LogP contribution is -2.44. The minimum Gasteiger partial charge on any atom is -0.497 e. The number of carbonyl (C=O) groups is 5. The second-order valence-electron chi connectivity index (χ2n) is 35.4. The van der Waals surface area contributed by atoms with Crippen LogP contribution in [-0.2, 0) is 62.6 Å². The first kappa shape index (κ1) is 92.5. The summed E-state index contributed by atoms with van der Waals surface area (Å²) in [6.45, 7) is 2.41. The number of halogens is 4. The molecule has 5 aromatic heterocycles. The van der Waals surface area contributed by atoms with Crippen molar-refractivity contribution in [2.24, 2.45) is 0 Å². The number of amides is 4. The predicted octanol–water partition coefficient (Wildman–Crippen LogP) is 21.6. The molecule has 4 saturated heterocycles. The first-order valence-electron chi connectivity index (χ1n) is 45.6. The highest BCUT2D eigenvalue weighted by molar-refractivity contribution is 9.11. The van der Waals surface area contributed by atoms with Crippen LogP contribution in [0.15, 0.2) is 283 Å². The summed E-state index contributed by atoms with van der Waals surface area (Å²) in [5.41, 5.74) is 19.5. The Morgan fingerprint density at radius 2 is 0.745 bits per heavy atom. The largest absolute Gasteiger partial charge is 0.497 e. The van der Waals surface area contributed by atoms with Gasteiger partial charge in [-0.3, -0.25) is 43.6 Å². The van der Waals surface area contributed by atoms with E-state index < -0.39 is 18.1 Å². The first-order chi connectivity index (χ1) is 68.5. The summed E-state index contributed by atoms with van der Waals surface area (Å²) < 4.78 is 47.3. The number of aromatic nitrogens is 4. The van der Waals surface area contributed by atoms with E-state index in [1.165, 1.54) is 18.1 Å². The summed E-state index contributed by atoms with van der Waals surface area (Å²) >= 11 is 38.2. The third-order valence-corrected chi connectivity index (χ3v) is 31.2. The number of hydrogen-bond donors (Lipinski definition) is 4.